The summed E-state index contributed by atoms with van der Waals surface area (Å²) in [5.74, 6) is 0.739. The first-order chi connectivity index (χ1) is 9.17. The number of unbranched alkanes of at least 4 members (excludes halogenated alkanes) is 1. The first kappa shape index (κ1) is 15.5. The Kier molecular flexibility index (Phi) is 6.97. The fraction of sp³-hybridized carbons (Fsp3) is 0.533. The molecule has 0 saturated heterocycles. The van der Waals surface area contributed by atoms with E-state index in [-0.39, 0.29) is 5.91 Å². The normalized spacial score (nSPS) is 11.9. The lowest BCUT2D eigenvalue weighted by molar-refractivity contribution is -0.879. The third kappa shape index (κ3) is 5.75. The zero-order valence-electron chi connectivity index (χ0n) is 12.2. The SMILES string of the molecule is CCCC[NH+](C)CCC(=O)Nc1ccccc1OC. The summed E-state index contributed by atoms with van der Waals surface area (Å²) in [5.41, 5.74) is 0.737. The number of hydrogen-bond acceptors (Lipinski definition) is 2. The molecule has 0 saturated carbocycles. The molecule has 106 valence electrons. The second kappa shape index (κ2) is 8.53. The van der Waals surface area contributed by atoms with Crippen LogP contribution in [0.4, 0.5) is 5.69 Å². The molecule has 0 fully saturated rings. The number of nitrogens with one attached hydrogen (secondary N) is 2. The fourth-order valence-electron chi connectivity index (χ4n) is 1.89. The molecule has 0 aliphatic heterocycles. The van der Waals surface area contributed by atoms with Gasteiger partial charge in [-0.2, -0.15) is 0 Å². The van der Waals surface area contributed by atoms with Gasteiger partial charge < -0.3 is 15.0 Å². The minimum Gasteiger partial charge on any atom is -0.495 e. The van der Waals surface area contributed by atoms with Gasteiger partial charge in [-0.3, -0.25) is 4.79 Å². The van der Waals surface area contributed by atoms with E-state index in [1.165, 1.54) is 17.7 Å². The highest BCUT2D eigenvalue weighted by atomic mass is 16.5. The standard InChI is InChI=1S/C15H24N2O2/c1-4-5-11-17(2)12-10-15(18)16-13-8-6-7-9-14(13)19-3/h6-9H,4-5,10-12H2,1-3H3,(H,16,18)/p+1. The lowest BCUT2D eigenvalue weighted by Crippen LogP contribution is -3.09. The molecule has 1 rings (SSSR count). The molecule has 0 bridgehead atoms. The van der Waals surface area contributed by atoms with Crippen molar-refractivity contribution in [2.75, 3.05) is 32.6 Å². The van der Waals surface area contributed by atoms with E-state index in [4.69, 9.17) is 4.74 Å². The predicted octanol–water partition coefficient (Wildman–Crippen LogP) is 1.34. The monoisotopic (exact) mass is 265 g/mol. The van der Waals surface area contributed by atoms with E-state index >= 15 is 0 Å². The molecule has 0 aliphatic carbocycles. The highest BCUT2D eigenvalue weighted by Crippen LogP contribution is 2.22. The maximum Gasteiger partial charge on any atom is 0.230 e. The van der Waals surface area contributed by atoms with Crippen molar-refractivity contribution in [3.63, 3.8) is 0 Å². The molecule has 19 heavy (non-hydrogen) atoms. The number of methoxy groups -OCH3 is 1. The Morgan fingerprint density at radius 1 is 1.32 bits per heavy atom. The molecule has 1 aromatic rings. The van der Waals surface area contributed by atoms with Gasteiger partial charge in [0.2, 0.25) is 5.91 Å². The summed E-state index contributed by atoms with van der Waals surface area (Å²) >= 11 is 0. The number of carbonyl (C=O) groups excluding carboxylic acids is 1. The van der Waals surface area contributed by atoms with Gasteiger partial charge in [-0.1, -0.05) is 25.5 Å². The Hall–Kier alpha value is -1.55. The van der Waals surface area contributed by atoms with Crippen molar-refractivity contribution in [3.8, 4) is 5.75 Å². The van der Waals surface area contributed by atoms with Crippen LogP contribution in [0.25, 0.3) is 0 Å². The van der Waals surface area contributed by atoms with Gasteiger partial charge in [-0.25, -0.2) is 0 Å². The number of rotatable bonds is 8. The number of para-hydroxylation sites is 2. The maximum absolute atomic E-state index is 11.9. The molecule has 4 heteroatoms. The van der Waals surface area contributed by atoms with Crippen LogP contribution in [-0.4, -0.2) is 33.2 Å². The van der Waals surface area contributed by atoms with Crippen LogP contribution in [0.5, 0.6) is 5.75 Å². The molecule has 1 amide bonds. The highest BCUT2D eigenvalue weighted by Gasteiger charge is 2.09. The highest BCUT2D eigenvalue weighted by molar-refractivity contribution is 5.92. The maximum atomic E-state index is 11.9. The first-order valence-corrected chi connectivity index (χ1v) is 6.91. The van der Waals surface area contributed by atoms with Gasteiger partial charge in [0.25, 0.3) is 0 Å². The van der Waals surface area contributed by atoms with Crippen LogP contribution in [0, 0.1) is 0 Å². The second-order valence-electron chi connectivity index (χ2n) is 4.81. The molecular weight excluding hydrogens is 240 g/mol. The summed E-state index contributed by atoms with van der Waals surface area (Å²) < 4.78 is 5.20. The van der Waals surface area contributed by atoms with E-state index in [1.54, 1.807) is 7.11 Å². The molecule has 0 heterocycles. The predicted molar refractivity (Wildman–Crippen MR) is 77.8 cm³/mol. The molecule has 1 atom stereocenters. The van der Waals surface area contributed by atoms with E-state index in [0.717, 1.165) is 18.8 Å². The first-order valence-electron chi connectivity index (χ1n) is 6.91. The van der Waals surface area contributed by atoms with Crippen LogP contribution >= 0.6 is 0 Å². The summed E-state index contributed by atoms with van der Waals surface area (Å²) in [6.07, 6.45) is 2.94. The summed E-state index contributed by atoms with van der Waals surface area (Å²) in [4.78, 5) is 13.3. The molecule has 1 aromatic carbocycles. The van der Waals surface area contributed by atoms with E-state index in [1.807, 2.05) is 24.3 Å². The Morgan fingerprint density at radius 2 is 2.05 bits per heavy atom. The minimum atomic E-state index is 0.0420. The lowest BCUT2D eigenvalue weighted by atomic mass is 10.2. The van der Waals surface area contributed by atoms with E-state index in [0.29, 0.717) is 12.2 Å². The third-order valence-electron chi connectivity index (χ3n) is 3.12. The quantitative estimate of drug-likeness (QED) is 0.745. The minimum absolute atomic E-state index is 0.0420. The van der Waals surface area contributed by atoms with Crippen molar-refractivity contribution < 1.29 is 14.4 Å². The Balaban J connectivity index is 2.38. The van der Waals surface area contributed by atoms with Crippen molar-refractivity contribution in [3.05, 3.63) is 24.3 Å². The van der Waals surface area contributed by atoms with Crippen molar-refractivity contribution in [2.24, 2.45) is 0 Å². The van der Waals surface area contributed by atoms with Crippen molar-refractivity contribution >= 4 is 11.6 Å². The van der Waals surface area contributed by atoms with Gasteiger partial charge in [0.1, 0.15) is 5.75 Å². The zero-order valence-corrected chi connectivity index (χ0v) is 12.2. The lowest BCUT2D eigenvalue weighted by Gasteiger charge is -2.14. The number of ether oxygens (including phenoxy) is 1. The Labute approximate surface area is 115 Å². The molecule has 2 N–H and O–H groups in total. The second-order valence-corrected chi connectivity index (χ2v) is 4.81. The number of carbonyl (C=O) groups is 1. The van der Waals surface area contributed by atoms with Gasteiger partial charge >= 0.3 is 0 Å². The molecule has 0 radical (unpaired) electrons. The zero-order chi connectivity index (χ0) is 14.1. The van der Waals surface area contributed by atoms with Gasteiger partial charge in [-0.15, -0.1) is 0 Å². The Bertz CT molecular complexity index is 393. The molecule has 1 unspecified atom stereocenters. The molecule has 0 spiro atoms. The number of hydrogen-bond donors (Lipinski definition) is 2. The molecule has 0 aromatic heterocycles. The molecular formula is C15H25N2O2+. The summed E-state index contributed by atoms with van der Waals surface area (Å²) in [5, 5.41) is 2.90. The van der Waals surface area contributed by atoms with Crippen LogP contribution in [0.15, 0.2) is 24.3 Å². The van der Waals surface area contributed by atoms with Gasteiger partial charge in [0.15, 0.2) is 0 Å². The van der Waals surface area contributed by atoms with Gasteiger partial charge in [0, 0.05) is 0 Å². The van der Waals surface area contributed by atoms with Crippen LogP contribution < -0.4 is 15.0 Å². The van der Waals surface area contributed by atoms with Gasteiger partial charge in [-0.05, 0) is 18.6 Å². The van der Waals surface area contributed by atoms with E-state index in [9.17, 15) is 4.79 Å². The van der Waals surface area contributed by atoms with Crippen LogP contribution in [0.2, 0.25) is 0 Å². The average molecular weight is 265 g/mol. The van der Waals surface area contributed by atoms with Crippen molar-refractivity contribution in [1.29, 1.82) is 0 Å². The molecule has 4 nitrogen and oxygen atoms in total. The van der Waals surface area contributed by atoms with Crippen LogP contribution in [-0.2, 0) is 4.79 Å². The number of anilines is 1. The van der Waals surface area contributed by atoms with Crippen molar-refractivity contribution in [1.82, 2.24) is 0 Å². The molecule has 0 aliphatic rings. The fourth-order valence-corrected chi connectivity index (χ4v) is 1.89. The van der Waals surface area contributed by atoms with Gasteiger partial charge in [0.05, 0.1) is 39.4 Å². The number of quaternary nitrogens is 1. The van der Waals surface area contributed by atoms with E-state index in [2.05, 4.69) is 19.3 Å². The van der Waals surface area contributed by atoms with Crippen molar-refractivity contribution in [2.45, 2.75) is 26.2 Å². The Morgan fingerprint density at radius 3 is 2.74 bits per heavy atom. The average Bonchev–Trinajstić information content (AvgIpc) is 2.43. The summed E-state index contributed by atoms with van der Waals surface area (Å²) in [6.45, 7) is 4.17. The van der Waals surface area contributed by atoms with Crippen LogP contribution in [0.1, 0.15) is 26.2 Å². The van der Waals surface area contributed by atoms with E-state index < -0.39 is 0 Å². The smallest absolute Gasteiger partial charge is 0.230 e. The topological polar surface area (TPSA) is 42.8 Å². The number of benzene rings is 1. The largest absolute Gasteiger partial charge is 0.495 e. The number of amides is 1. The van der Waals surface area contributed by atoms with Crippen LogP contribution in [0.3, 0.4) is 0 Å². The third-order valence-corrected chi connectivity index (χ3v) is 3.12. The summed E-state index contributed by atoms with van der Waals surface area (Å²) in [6, 6.07) is 7.46. The summed E-state index contributed by atoms with van der Waals surface area (Å²) in [7, 11) is 3.74.